The Labute approximate surface area is 107 Å². The van der Waals surface area contributed by atoms with Crippen LogP contribution in [0.3, 0.4) is 0 Å². The van der Waals surface area contributed by atoms with E-state index in [9.17, 15) is 8.42 Å². The summed E-state index contributed by atoms with van der Waals surface area (Å²) < 4.78 is 27.2. The van der Waals surface area contributed by atoms with Gasteiger partial charge < -0.3 is 4.90 Å². The van der Waals surface area contributed by atoms with Crippen LogP contribution in [-0.4, -0.2) is 39.0 Å². The molecule has 0 atom stereocenters. The summed E-state index contributed by atoms with van der Waals surface area (Å²) in [5.41, 5.74) is 0. The number of rotatable bonds is 4. The lowest BCUT2D eigenvalue weighted by Gasteiger charge is -2.31. The molecule has 1 aromatic heterocycles. The first-order valence-electron chi connectivity index (χ1n) is 5.90. The first-order chi connectivity index (χ1) is 8.12. The lowest BCUT2D eigenvalue weighted by Crippen LogP contribution is -2.44. The molecule has 96 valence electrons. The molecular weight excluding hydrogens is 256 g/mol. The van der Waals surface area contributed by atoms with Crippen LogP contribution in [-0.2, 0) is 10.0 Å². The van der Waals surface area contributed by atoms with Crippen LogP contribution in [0.15, 0.2) is 21.7 Å². The van der Waals surface area contributed by atoms with Gasteiger partial charge in [-0.15, -0.1) is 11.3 Å². The maximum absolute atomic E-state index is 12.0. The number of hydrogen-bond donors (Lipinski definition) is 1. The summed E-state index contributed by atoms with van der Waals surface area (Å²) in [5, 5.41) is 1.79. The van der Waals surface area contributed by atoms with E-state index in [1.54, 1.807) is 17.5 Å². The maximum atomic E-state index is 12.0. The summed E-state index contributed by atoms with van der Waals surface area (Å²) in [6.45, 7) is 5.14. The lowest BCUT2D eigenvalue weighted by molar-refractivity contribution is 0.217. The second kappa shape index (κ2) is 5.48. The molecule has 1 saturated heterocycles. The lowest BCUT2D eigenvalue weighted by atomic mass is 10.1. The molecule has 2 rings (SSSR count). The van der Waals surface area contributed by atoms with Gasteiger partial charge in [0.2, 0.25) is 10.0 Å². The van der Waals surface area contributed by atoms with Crippen molar-refractivity contribution in [1.29, 1.82) is 0 Å². The fraction of sp³-hybridized carbons (Fsp3) is 0.636. The Morgan fingerprint density at radius 2 is 2.18 bits per heavy atom. The van der Waals surface area contributed by atoms with Crippen LogP contribution in [0.1, 0.15) is 19.8 Å². The summed E-state index contributed by atoms with van der Waals surface area (Å²) in [4.78, 5) is 2.34. The van der Waals surface area contributed by atoms with Crippen molar-refractivity contribution in [2.24, 2.45) is 0 Å². The highest BCUT2D eigenvalue weighted by Crippen LogP contribution is 2.18. The fourth-order valence-electron chi connectivity index (χ4n) is 2.06. The molecule has 0 amide bonds. The number of nitrogens with zero attached hydrogens (tertiary/aromatic N) is 1. The van der Waals surface area contributed by atoms with E-state index in [0.717, 1.165) is 32.5 Å². The van der Waals surface area contributed by atoms with Crippen molar-refractivity contribution in [2.45, 2.75) is 30.0 Å². The number of likely N-dealkylation sites (tertiary alicyclic amines) is 1. The normalized spacial score (nSPS) is 19.6. The first kappa shape index (κ1) is 13.0. The van der Waals surface area contributed by atoms with Gasteiger partial charge >= 0.3 is 0 Å². The Morgan fingerprint density at radius 1 is 1.47 bits per heavy atom. The van der Waals surface area contributed by atoms with Crippen molar-refractivity contribution in [3.05, 3.63) is 17.5 Å². The number of nitrogens with one attached hydrogen (secondary N) is 1. The van der Waals surface area contributed by atoms with E-state index in [1.807, 2.05) is 0 Å². The molecule has 2 heterocycles. The van der Waals surface area contributed by atoms with Gasteiger partial charge in [0.15, 0.2) is 0 Å². The van der Waals surface area contributed by atoms with Crippen LogP contribution in [0.25, 0.3) is 0 Å². The van der Waals surface area contributed by atoms with Gasteiger partial charge in [-0.1, -0.05) is 13.0 Å². The average Bonchev–Trinajstić information content (AvgIpc) is 2.84. The molecule has 4 nitrogen and oxygen atoms in total. The third-order valence-electron chi connectivity index (χ3n) is 3.12. The van der Waals surface area contributed by atoms with E-state index in [-0.39, 0.29) is 6.04 Å². The minimum Gasteiger partial charge on any atom is -0.303 e. The SMILES string of the molecule is CCN1CCC(NS(=O)(=O)c2cccs2)CC1. The average molecular weight is 274 g/mol. The maximum Gasteiger partial charge on any atom is 0.250 e. The largest absolute Gasteiger partial charge is 0.303 e. The summed E-state index contributed by atoms with van der Waals surface area (Å²) in [6, 6.07) is 3.50. The number of piperidine rings is 1. The van der Waals surface area contributed by atoms with Crippen LogP contribution >= 0.6 is 11.3 Å². The summed E-state index contributed by atoms with van der Waals surface area (Å²) in [7, 11) is -3.29. The Kier molecular flexibility index (Phi) is 4.19. The van der Waals surface area contributed by atoms with Crippen LogP contribution in [0.5, 0.6) is 0 Å². The van der Waals surface area contributed by atoms with Crippen LogP contribution in [0.4, 0.5) is 0 Å². The van der Waals surface area contributed by atoms with E-state index in [1.165, 1.54) is 11.3 Å². The van der Waals surface area contributed by atoms with Gasteiger partial charge in [0.25, 0.3) is 0 Å². The smallest absolute Gasteiger partial charge is 0.250 e. The summed E-state index contributed by atoms with van der Waals surface area (Å²) >= 11 is 1.26. The van der Waals surface area contributed by atoms with Crippen molar-refractivity contribution in [3.63, 3.8) is 0 Å². The van der Waals surface area contributed by atoms with Crippen LogP contribution in [0, 0.1) is 0 Å². The molecule has 0 unspecified atom stereocenters. The highest BCUT2D eigenvalue weighted by atomic mass is 32.2. The van der Waals surface area contributed by atoms with Gasteiger partial charge in [0, 0.05) is 6.04 Å². The highest BCUT2D eigenvalue weighted by molar-refractivity contribution is 7.91. The molecule has 1 fully saturated rings. The molecule has 6 heteroatoms. The van der Waals surface area contributed by atoms with E-state index in [2.05, 4.69) is 16.5 Å². The van der Waals surface area contributed by atoms with Crippen molar-refractivity contribution in [3.8, 4) is 0 Å². The fourth-order valence-corrected chi connectivity index (χ4v) is 4.38. The minimum absolute atomic E-state index is 0.0879. The van der Waals surface area contributed by atoms with Crippen molar-refractivity contribution < 1.29 is 8.42 Å². The summed E-state index contributed by atoms with van der Waals surface area (Å²) in [5.74, 6) is 0. The molecule has 0 aliphatic carbocycles. The number of hydrogen-bond acceptors (Lipinski definition) is 4. The highest BCUT2D eigenvalue weighted by Gasteiger charge is 2.24. The molecule has 0 radical (unpaired) electrons. The van der Waals surface area contributed by atoms with Gasteiger partial charge in [-0.05, 0) is 43.9 Å². The Morgan fingerprint density at radius 3 is 2.71 bits per heavy atom. The predicted molar refractivity (Wildman–Crippen MR) is 69.8 cm³/mol. The van der Waals surface area contributed by atoms with E-state index < -0.39 is 10.0 Å². The molecule has 17 heavy (non-hydrogen) atoms. The number of sulfonamides is 1. The van der Waals surface area contributed by atoms with E-state index >= 15 is 0 Å². The van der Waals surface area contributed by atoms with Crippen LogP contribution in [0.2, 0.25) is 0 Å². The Hall–Kier alpha value is -0.430. The van der Waals surface area contributed by atoms with Crippen molar-refractivity contribution >= 4 is 21.4 Å². The van der Waals surface area contributed by atoms with Crippen molar-refractivity contribution in [1.82, 2.24) is 9.62 Å². The molecular formula is C11H18N2O2S2. The quantitative estimate of drug-likeness (QED) is 0.905. The third-order valence-corrected chi connectivity index (χ3v) is 6.03. The van der Waals surface area contributed by atoms with Gasteiger partial charge in [0.1, 0.15) is 4.21 Å². The molecule has 1 aliphatic heterocycles. The molecule has 0 bridgehead atoms. The van der Waals surface area contributed by atoms with Gasteiger partial charge in [-0.25, -0.2) is 13.1 Å². The minimum atomic E-state index is -3.29. The molecule has 1 aromatic rings. The molecule has 0 spiro atoms. The van der Waals surface area contributed by atoms with Crippen LogP contribution < -0.4 is 4.72 Å². The first-order valence-corrected chi connectivity index (χ1v) is 8.26. The zero-order valence-corrected chi connectivity index (χ0v) is 11.6. The van der Waals surface area contributed by atoms with E-state index in [0.29, 0.717) is 4.21 Å². The predicted octanol–water partition coefficient (Wildman–Crippen LogP) is 1.51. The van der Waals surface area contributed by atoms with Gasteiger partial charge in [0.05, 0.1) is 0 Å². The topological polar surface area (TPSA) is 49.4 Å². The van der Waals surface area contributed by atoms with Crippen molar-refractivity contribution in [2.75, 3.05) is 19.6 Å². The number of thiophene rings is 1. The van der Waals surface area contributed by atoms with E-state index in [4.69, 9.17) is 0 Å². The molecule has 0 saturated carbocycles. The monoisotopic (exact) mass is 274 g/mol. The standard InChI is InChI=1S/C11H18N2O2S2/c1-2-13-7-5-10(6-8-13)12-17(14,15)11-4-3-9-16-11/h3-4,9-10,12H,2,5-8H2,1H3. The Balaban J connectivity index is 1.94. The Bertz CT molecular complexity index is 434. The zero-order chi connectivity index (χ0) is 12.3. The van der Waals surface area contributed by atoms with Gasteiger partial charge in [-0.3, -0.25) is 0 Å². The second-order valence-corrected chi connectivity index (χ2v) is 7.15. The molecule has 1 aliphatic rings. The molecule has 0 aromatic carbocycles. The second-order valence-electron chi connectivity index (χ2n) is 4.26. The molecule has 1 N–H and O–H groups in total. The van der Waals surface area contributed by atoms with Gasteiger partial charge in [-0.2, -0.15) is 0 Å². The third kappa shape index (κ3) is 3.28. The summed E-state index contributed by atoms with van der Waals surface area (Å²) in [6.07, 6.45) is 1.80. The zero-order valence-electron chi connectivity index (χ0n) is 9.93.